The molecule has 3 rings (SSSR count). The Morgan fingerprint density at radius 2 is 1.91 bits per heavy atom. The SMILES string of the molecule is O=[N+]([O-])c1cnc(NCc2ccccc2OC(F)(F)F)nc1NC[C@H]1CC[C@H](NCCO)CC1. The summed E-state index contributed by atoms with van der Waals surface area (Å²) < 4.78 is 41.9. The fourth-order valence-corrected chi connectivity index (χ4v) is 3.85. The number of anilines is 2. The van der Waals surface area contributed by atoms with E-state index >= 15 is 0 Å². The third-order valence-electron chi connectivity index (χ3n) is 5.55. The van der Waals surface area contributed by atoms with Crippen LogP contribution in [0.1, 0.15) is 31.2 Å². The molecule has 0 atom stereocenters. The quantitative estimate of drug-likeness (QED) is 0.279. The molecule has 13 heteroatoms. The largest absolute Gasteiger partial charge is 0.573 e. The molecule has 34 heavy (non-hydrogen) atoms. The van der Waals surface area contributed by atoms with Gasteiger partial charge in [-0.05, 0) is 37.7 Å². The van der Waals surface area contributed by atoms with Gasteiger partial charge in [0.15, 0.2) is 0 Å². The minimum Gasteiger partial charge on any atom is -0.405 e. The van der Waals surface area contributed by atoms with E-state index in [-0.39, 0.29) is 41.9 Å². The highest BCUT2D eigenvalue weighted by Crippen LogP contribution is 2.29. The second-order valence-corrected chi connectivity index (χ2v) is 7.97. The molecule has 1 heterocycles. The number of para-hydroxylation sites is 1. The molecule has 0 radical (unpaired) electrons. The molecule has 1 aliphatic carbocycles. The highest BCUT2D eigenvalue weighted by atomic mass is 19.4. The normalized spacial score (nSPS) is 18.4. The predicted octanol–water partition coefficient (Wildman–Crippen LogP) is 3.45. The standard InChI is InChI=1S/C21H27F3N6O4/c22-21(23,24)34-18-4-2-1-3-15(18)12-27-20-28-13-17(30(32)33)19(29-20)26-11-14-5-7-16(8-6-14)25-9-10-31/h1-4,13-14,16,25,31H,5-12H2,(H2,26,27,28,29)/t14-,16-. The Morgan fingerprint density at radius 1 is 1.18 bits per heavy atom. The van der Waals surface area contributed by atoms with Gasteiger partial charge in [-0.25, -0.2) is 4.98 Å². The fourth-order valence-electron chi connectivity index (χ4n) is 3.85. The van der Waals surface area contributed by atoms with Crippen molar-refractivity contribution in [3.63, 3.8) is 0 Å². The molecule has 1 aliphatic rings. The lowest BCUT2D eigenvalue weighted by Gasteiger charge is -2.29. The number of benzene rings is 1. The third kappa shape index (κ3) is 7.70. The Kier molecular flexibility index (Phi) is 8.82. The number of aliphatic hydroxyl groups is 1. The van der Waals surface area contributed by atoms with Crippen molar-refractivity contribution in [3.05, 3.63) is 46.1 Å². The summed E-state index contributed by atoms with van der Waals surface area (Å²) >= 11 is 0. The number of alkyl halides is 3. The molecule has 10 nitrogen and oxygen atoms in total. The van der Waals surface area contributed by atoms with Crippen LogP contribution in [-0.2, 0) is 6.54 Å². The van der Waals surface area contributed by atoms with Crippen molar-refractivity contribution in [2.45, 2.75) is 44.6 Å². The molecule has 0 spiro atoms. The van der Waals surface area contributed by atoms with Crippen LogP contribution in [0.3, 0.4) is 0 Å². The zero-order valence-corrected chi connectivity index (χ0v) is 18.3. The second kappa shape index (κ2) is 11.8. The lowest BCUT2D eigenvalue weighted by molar-refractivity contribution is -0.384. The van der Waals surface area contributed by atoms with Crippen LogP contribution in [0.2, 0.25) is 0 Å². The fraction of sp³-hybridized carbons (Fsp3) is 0.524. The minimum absolute atomic E-state index is 0.0341. The number of ether oxygens (including phenoxy) is 1. The molecule has 0 unspecified atom stereocenters. The number of hydrogen-bond donors (Lipinski definition) is 4. The maximum Gasteiger partial charge on any atom is 0.573 e. The van der Waals surface area contributed by atoms with E-state index in [2.05, 4.69) is 30.7 Å². The first-order chi connectivity index (χ1) is 16.2. The summed E-state index contributed by atoms with van der Waals surface area (Å²) in [5.74, 6) is 0.0334. The Bertz CT molecular complexity index is 954. The second-order valence-electron chi connectivity index (χ2n) is 7.97. The van der Waals surface area contributed by atoms with Gasteiger partial charge >= 0.3 is 12.0 Å². The van der Waals surface area contributed by atoms with Crippen molar-refractivity contribution in [1.82, 2.24) is 15.3 Å². The number of rotatable bonds is 11. The molecule has 1 aromatic heterocycles. The molecule has 0 aliphatic heterocycles. The topological polar surface area (TPSA) is 134 Å². The Hall–Kier alpha value is -3.19. The molecular formula is C21H27F3N6O4. The minimum atomic E-state index is -4.83. The van der Waals surface area contributed by atoms with E-state index in [4.69, 9.17) is 5.11 Å². The van der Waals surface area contributed by atoms with Gasteiger partial charge in [0.1, 0.15) is 11.9 Å². The molecule has 0 saturated heterocycles. The molecule has 1 fully saturated rings. The monoisotopic (exact) mass is 484 g/mol. The number of nitrogens with zero attached hydrogens (tertiary/aromatic N) is 3. The molecule has 0 bridgehead atoms. The lowest BCUT2D eigenvalue weighted by Crippen LogP contribution is -2.36. The average Bonchev–Trinajstić information content (AvgIpc) is 2.80. The van der Waals surface area contributed by atoms with Crippen LogP contribution in [0.15, 0.2) is 30.5 Å². The highest BCUT2D eigenvalue weighted by Gasteiger charge is 2.32. The summed E-state index contributed by atoms with van der Waals surface area (Å²) in [5.41, 5.74) is -0.0625. The van der Waals surface area contributed by atoms with Gasteiger partial charge in [0.25, 0.3) is 0 Å². The average molecular weight is 484 g/mol. The number of aliphatic hydroxyl groups excluding tert-OH is 1. The van der Waals surface area contributed by atoms with Gasteiger partial charge < -0.3 is 25.8 Å². The van der Waals surface area contributed by atoms with Crippen molar-refractivity contribution in [3.8, 4) is 5.75 Å². The first-order valence-electron chi connectivity index (χ1n) is 10.9. The van der Waals surface area contributed by atoms with Gasteiger partial charge in [-0.15, -0.1) is 13.2 Å². The van der Waals surface area contributed by atoms with Crippen LogP contribution in [0, 0.1) is 16.0 Å². The van der Waals surface area contributed by atoms with Crippen LogP contribution in [0.5, 0.6) is 5.75 Å². The maximum absolute atomic E-state index is 12.6. The van der Waals surface area contributed by atoms with Crippen LogP contribution < -0.4 is 20.7 Å². The number of nitrogens with one attached hydrogen (secondary N) is 3. The summed E-state index contributed by atoms with van der Waals surface area (Å²) in [7, 11) is 0. The first kappa shape index (κ1) is 25.4. The molecule has 1 saturated carbocycles. The van der Waals surface area contributed by atoms with E-state index in [0.717, 1.165) is 31.9 Å². The highest BCUT2D eigenvalue weighted by molar-refractivity contribution is 5.57. The number of nitro groups is 1. The first-order valence-corrected chi connectivity index (χ1v) is 10.9. The van der Waals surface area contributed by atoms with Crippen LogP contribution in [0.25, 0.3) is 0 Å². The summed E-state index contributed by atoms with van der Waals surface area (Å²) in [4.78, 5) is 18.9. The van der Waals surface area contributed by atoms with Crippen molar-refractivity contribution in [2.75, 3.05) is 30.3 Å². The van der Waals surface area contributed by atoms with Crippen molar-refractivity contribution in [2.24, 2.45) is 5.92 Å². The molecular weight excluding hydrogens is 457 g/mol. The number of halogens is 3. The molecule has 0 amide bonds. The van der Waals surface area contributed by atoms with E-state index in [0.29, 0.717) is 25.0 Å². The van der Waals surface area contributed by atoms with E-state index < -0.39 is 11.3 Å². The molecule has 2 aromatic rings. The Labute approximate surface area is 194 Å². The zero-order chi connectivity index (χ0) is 24.6. The Morgan fingerprint density at radius 3 is 2.59 bits per heavy atom. The van der Waals surface area contributed by atoms with Crippen LogP contribution >= 0.6 is 0 Å². The van der Waals surface area contributed by atoms with Gasteiger partial charge in [0.05, 0.1) is 11.5 Å². The summed E-state index contributed by atoms with van der Waals surface area (Å²) in [5, 5.41) is 29.4. The molecule has 1 aromatic carbocycles. The van der Waals surface area contributed by atoms with E-state index in [1.54, 1.807) is 6.07 Å². The summed E-state index contributed by atoms with van der Waals surface area (Å²) in [6.45, 7) is 1.07. The molecule has 4 N–H and O–H groups in total. The number of aromatic nitrogens is 2. The van der Waals surface area contributed by atoms with Crippen molar-refractivity contribution >= 4 is 17.5 Å². The van der Waals surface area contributed by atoms with Gasteiger partial charge in [0, 0.05) is 31.2 Å². The van der Waals surface area contributed by atoms with E-state index in [1.807, 2.05) is 0 Å². The summed E-state index contributed by atoms with van der Waals surface area (Å²) in [6.07, 6.45) is -0.0163. The zero-order valence-electron chi connectivity index (χ0n) is 18.3. The van der Waals surface area contributed by atoms with Gasteiger partial charge in [-0.3, -0.25) is 10.1 Å². The van der Waals surface area contributed by atoms with Crippen molar-refractivity contribution in [1.29, 1.82) is 0 Å². The van der Waals surface area contributed by atoms with Crippen LogP contribution in [0.4, 0.5) is 30.6 Å². The van der Waals surface area contributed by atoms with Crippen LogP contribution in [-0.4, -0.2) is 52.1 Å². The van der Waals surface area contributed by atoms with E-state index in [9.17, 15) is 23.3 Å². The van der Waals surface area contributed by atoms with Gasteiger partial charge in [-0.1, -0.05) is 18.2 Å². The third-order valence-corrected chi connectivity index (χ3v) is 5.55. The summed E-state index contributed by atoms with van der Waals surface area (Å²) in [6, 6.07) is 6.01. The van der Waals surface area contributed by atoms with Crippen molar-refractivity contribution < 1.29 is 27.9 Å². The Balaban J connectivity index is 1.62. The lowest BCUT2D eigenvalue weighted by atomic mass is 9.86. The van der Waals surface area contributed by atoms with E-state index in [1.165, 1.54) is 18.2 Å². The maximum atomic E-state index is 12.6. The van der Waals surface area contributed by atoms with Gasteiger partial charge in [0.2, 0.25) is 11.8 Å². The number of hydrogen-bond acceptors (Lipinski definition) is 9. The predicted molar refractivity (Wildman–Crippen MR) is 118 cm³/mol. The molecule has 186 valence electrons. The van der Waals surface area contributed by atoms with Gasteiger partial charge in [-0.2, -0.15) is 4.98 Å². The smallest absolute Gasteiger partial charge is 0.405 e.